The molecule has 0 radical (unpaired) electrons. The SMILES string of the molecule is Cc1cccc(C)c1-n1nnnc1SCC(=O)Nc1ccc(C(C)(C)C)cc1. The Kier molecular flexibility index (Phi) is 5.84. The molecule has 7 heteroatoms. The fourth-order valence-corrected chi connectivity index (χ4v) is 3.61. The number of thioether (sulfide) groups is 1. The summed E-state index contributed by atoms with van der Waals surface area (Å²) >= 11 is 1.32. The predicted molar refractivity (Wildman–Crippen MR) is 113 cm³/mol. The number of hydrogen-bond donors (Lipinski definition) is 1. The van der Waals surface area contributed by atoms with Gasteiger partial charge >= 0.3 is 0 Å². The van der Waals surface area contributed by atoms with Crippen LogP contribution >= 0.6 is 11.8 Å². The molecule has 0 atom stereocenters. The van der Waals surface area contributed by atoms with Gasteiger partial charge in [0, 0.05) is 5.69 Å². The highest BCUT2D eigenvalue weighted by Crippen LogP contribution is 2.25. The van der Waals surface area contributed by atoms with Crippen molar-refractivity contribution in [2.45, 2.75) is 45.2 Å². The van der Waals surface area contributed by atoms with Crippen LogP contribution in [0, 0.1) is 13.8 Å². The van der Waals surface area contributed by atoms with Crippen LogP contribution in [0.15, 0.2) is 47.6 Å². The van der Waals surface area contributed by atoms with Crippen molar-refractivity contribution >= 4 is 23.4 Å². The molecule has 0 aliphatic carbocycles. The zero-order valence-corrected chi connectivity index (χ0v) is 17.7. The first kappa shape index (κ1) is 20.1. The van der Waals surface area contributed by atoms with Crippen LogP contribution in [0.2, 0.25) is 0 Å². The Hall–Kier alpha value is -2.67. The van der Waals surface area contributed by atoms with E-state index in [9.17, 15) is 4.79 Å². The number of amides is 1. The Balaban J connectivity index is 1.66. The Labute approximate surface area is 169 Å². The van der Waals surface area contributed by atoms with Gasteiger partial charge < -0.3 is 5.32 Å². The van der Waals surface area contributed by atoms with Crippen molar-refractivity contribution in [3.63, 3.8) is 0 Å². The normalized spacial score (nSPS) is 11.5. The van der Waals surface area contributed by atoms with Crippen molar-refractivity contribution in [2.75, 3.05) is 11.1 Å². The average molecular weight is 396 g/mol. The molecule has 1 heterocycles. The largest absolute Gasteiger partial charge is 0.325 e. The number of nitrogens with zero attached hydrogens (tertiary/aromatic N) is 4. The van der Waals surface area contributed by atoms with Crippen LogP contribution in [0.3, 0.4) is 0 Å². The van der Waals surface area contributed by atoms with E-state index < -0.39 is 0 Å². The quantitative estimate of drug-likeness (QED) is 0.652. The summed E-state index contributed by atoms with van der Waals surface area (Å²) in [5.41, 5.74) is 5.22. The molecule has 0 bridgehead atoms. The molecule has 1 aromatic heterocycles. The molecule has 1 N–H and O–H groups in total. The molecule has 6 nitrogen and oxygen atoms in total. The Bertz CT molecular complexity index is 953. The number of benzene rings is 2. The number of aromatic nitrogens is 4. The van der Waals surface area contributed by atoms with Crippen molar-refractivity contribution in [1.29, 1.82) is 0 Å². The van der Waals surface area contributed by atoms with Gasteiger partial charge in [-0.15, -0.1) is 5.10 Å². The summed E-state index contributed by atoms with van der Waals surface area (Å²) < 4.78 is 1.70. The summed E-state index contributed by atoms with van der Waals surface area (Å²) in [5, 5.41) is 15.5. The van der Waals surface area contributed by atoms with E-state index in [0.29, 0.717) is 5.16 Å². The summed E-state index contributed by atoms with van der Waals surface area (Å²) in [6.45, 7) is 10.5. The minimum atomic E-state index is -0.0930. The molecule has 146 valence electrons. The first-order chi connectivity index (χ1) is 13.3. The minimum Gasteiger partial charge on any atom is -0.325 e. The van der Waals surface area contributed by atoms with Gasteiger partial charge in [0.1, 0.15) is 0 Å². The molecule has 0 unspecified atom stereocenters. The van der Waals surface area contributed by atoms with Gasteiger partial charge in [0.05, 0.1) is 11.4 Å². The molecule has 0 fully saturated rings. The van der Waals surface area contributed by atoms with Crippen LogP contribution in [0.1, 0.15) is 37.5 Å². The van der Waals surface area contributed by atoms with E-state index >= 15 is 0 Å². The second-order valence-electron chi connectivity index (χ2n) is 7.78. The number of anilines is 1. The van der Waals surface area contributed by atoms with Gasteiger partial charge in [-0.2, -0.15) is 4.68 Å². The second kappa shape index (κ2) is 8.14. The van der Waals surface area contributed by atoms with Crippen molar-refractivity contribution in [2.24, 2.45) is 0 Å². The lowest BCUT2D eigenvalue weighted by Crippen LogP contribution is -2.15. The summed E-state index contributed by atoms with van der Waals surface area (Å²) in [5.74, 6) is 0.136. The van der Waals surface area contributed by atoms with Crippen molar-refractivity contribution in [1.82, 2.24) is 20.2 Å². The van der Waals surface area contributed by atoms with Gasteiger partial charge in [0.25, 0.3) is 0 Å². The zero-order chi connectivity index (χ0) is 20.3. The third-order valence-corrected chi connectivity index (χ3v) is 5.38. The lowest BCUT2D eigenvalue weighted by atomic mass is 9.87. The number of tetrazole rings is 1. The fraction of sp³-hybridized carbons (Fsp3) is 0.333. The summed E-state index contributed by atoms with van der Waals surface area (Å²) in [7, 11) is 0. The molecule has 0 spiro atoms. The predicted octanol–water partition coefficient (Wildman–Crippen LogP) is 4.31. The van der Waals surface area contributed by atoms with Crippen molar-refractivity contribution in [3.05, 3.63) is 59.2 Å². The van der Waals surface area contributed by atoms with E-state index in [2.05, 4.69) is 41.6 Å². The van der Waals surface area contributed by atoms with Gasteiger partial charge in [-0.1, -0.05) is 62.9 Å². The molecular formula is C21H25N5OS. The molecule has 3 rings (SSSR count). The lowest BCUT2D eigenvalue weighted by molar-refractivity contribution is -0.113. The minimum absolute atomic E-state index is 0.0865. The van der Waals surface area contributed by atoms with Crippen LogP contribution in [0.4, 0.5) is 5.69 Å². The van der Waals surface area contributed by atoms with Gasteiger partial charge in [-0.25, -0.2) is 0 Å². The molecular weight excluding hydrogens is 370 g/mol. The van der Waals surface area contributed by atoms with Crippen LogP contribution in [-0.2, 0) is 10.2 Å². The van der Waals surface area contributed by atoms with E-state index in [4.69, 9.17) is 0 Å². The van der Waals surface area contributed by atoms with Crippen molar-refractivity contribution < 1.29 is 4.79 Å². The maximum Gasteiger partial charge on any atom is 0.234 e. The maximum absolute atomic E-state index is 12.4. The van der Waals surface area contributed by atoms with Gasteiger partial charge in [-0.3, -0.25) is 4.79 Å². The van der Waals surface area contributed by atoms with E-state index in [0.717, 1.165) is 22.5 Å². The summed E-state index contributed by atoms with van der Waals surface area (Å²) in [6, 6.07) is 14.0. The molecule has 28 heavy (non-hydrogen) atoms. The number of nitrogens with one attached hydrogen (secondary N) is 1. The molecule has 2 aromatic carbocycles. The average Bonchev–Trinajstić information content (AvgIpc) is 3.08. The van der Waals surface area contributed by atoms with Crippen LogP contribution in [0.25, 0.3) is 5.69 Å². The van der Waals surface area contributed by atoms with E-state index in [1.807, 2.05) is 56.3 Å². The Morgan fingerprint density at radius 3 is 2.32 bits per heavy atom. The highest BCUT2D eigenvalue weighted by molar-refractivity contribution is 7.99. The molecule has 1 amide bonds. The van der Waals surface area contributed by atoms with E-state index in [1.54, 1.807) is 4.68 Å². The monoisotopic (exact) mass is 395 g/mol. The number of para-hydroxylation sites is 1. The van der Waals surface area contributed by atoms with Crippen LogP contribution in [-0.4, -0.2) is 31.9 Å². The number of carbonyl (C=O) groups excluding carboxylic acids is 1. The maximum atomic E-state index is 12.4. The lowest BCUT2D eigenvalue weighted by Gasteiger charge is -2.19. The van der Waals surface area contributed by atoms with Crippen molar-refractivity contribution in [3.8, 4) is 5.69 Å². The highest BCUT2D eigenvalue weighted by atomic mass is 32.2. The third kappa shape index (κ3) is 4.59. The molecule has 0 saturated heterocycles. The zero-order valence-electron chi connectivity index (χ0n) is 16.9. The second-order valence-corrected chi connectivity index (χ2v) is 8.72. The van der Waals surface area contributed by atoms with Gasteiger partial charge in [0.15, 0.2) is 0 Å². The van der Waals surface area contributed by atoms with E-state index in [1.165, 1.54) is 17.3 Å². The topological polar surface area (TPSA) is 72.7 Å². The fourth-order valence-electron chi connectivity index (χ4n) is 2.93. The molecule has 0 aliphatic heterocycles. The number of carbonyl (C=O) groups is 1. The molecule has 0 aliphatic rings. The number of hydrogen-bond acceptors (Lipinski definition) is 5. The van der Waals surface area contributed by atoms with Crippen LogP contribution in [0.5, 0.6) is 0 Å². The van der Waals surface area contributed by atoms with E-state index in [-0.39, 0.29) is 17.1 Å². The summed E-state index contributed by atoms with van der Waals surface area (Å²) in [4.78, 5) is 12.4. The van der Waals surface area contributed by atoms with Gasteiger partial charge in [-0.05, 0) is 58.5 Å². The third-order valence-electron chi connectivity index (χ3n) is 4.46. The summed E-state index contributed by atoms with van der Waals surface area (Å²) in [6.07, 6.45) is 0. The standard InChI is InChI=1S/C21H25N5OS/c1-14-7-6-8-15(2)19(14)26-20(23-24-25-26)28-13-18(27)22-17-11-9-16(10-12-17)21(3,4)5/h6-12H,13H2,1-5H3,(H,22,27). The smallest absolute Gasteiger partial charge is 0.234 e. The molecule has 3 aromatic rings. The van der Waals surface area contributed by atoms with Gasteiger partial charge in [0.2, 0.25) is 11.1 Å². The highest BCUT2D eigenvalue weighted by Gasteiger charge is 2.16. The molecule has 0 saturated carbocycles. The Morgan fingerprint density at radius 2 is 1.71 bits per heavy atom. The number of aryl methyl sites for hydroxylation is 2. The van der Waals surface area contributed by atoms with Crippen LogP contribution < -0.4 is 5.32 Å². The Morgan fingerprint density at radius 1 is 1.07 bits per heavy atom. The number of rotatable bonds is 5. The first-order valence-corrected chi connectivity index (χ1v) is 10.1. The first-order valence-electron chi connectivity index (χ1n) is 9.14.